The first-order valence-electron chi connectivity index (χ1n) is 11.9. The minimum Gasteiger partial charge on any atom is -0.494 e. The molecule has 0 N–H and O–H groups in total. The molecule has 0 aliphatic carbocycles. The van der Waals surface area contributed by atoms with Crippen molar-refractivity contribution in [2.75, 3.05) is 13.2 Å². The predicted octanol–water partition coefficient (Wildman–Crippen LogP) is 7.58. The van der Waals surface area contributed by atoms with Gasteiger partial charge in [0.1, 0.15) is 5.75 Å². The molecule has 3 rings (SSSR count). The van der Waals surface area contributed by atoms with Crippen LogP contribution >= 0.6 is 23.6 Å². The number of ether oxygens (including phenoxy) is 2. The average molecular weight is 484 g/mol. The van der Waals surface area contributed by atoms with Gasteiger partial charge in [0, 0.05) is 34.5 Å². The van der Waals surface area contributed by atoms with Crippen LogP contribution in [-0.4, -0.2) is 23.2 Å². The lowest BCUT2D eigenvalue weighted by Crippen LogP contribution is -2.01. The van der Waals surface area contributed by atoms with Crippen LogP contribution in [0, 0.1) is 0 Å². The zero-order valence-electron chi connectivity index (χ0n) is 19.4. The molecule has 0 bridgehead atoms. The van der Waals surface area contributed by atoms with Gasteiger partial charge in [-0.1, -0.05) is 68.9 Å². The van der Waals surface area contributed by atoms with E-state index in [0.29, 0.717) is 5.56 Å². The fourth-order valence-electron chi connectivity index (χ4n) is 3.64. The summed E-state index contributed by atoms with van der Waals surface area (Å²) in [5.74, 6) is 0.849. The molecule has 0 aliphatic rings. The number of unbranched alkanes of at least 4 members (excludes halogenated alkanes) is 7. The van der Waals surface area contributed by atoms with Crippen molar-refractivity contribution in [3.05, 3.63) is 58.3 Å². The number of rotatable bonds is 14. The summed E-state index contributed by atoms with van der Waals surface area (Å²) < 4.78 is 12.4. The molecule has 2 aromatic heterocycles. The van der Waals surface area contributed by atoms with Gasteiger partial charge in [-0.2, -0.15) is 0 Å². The highest BCUT2D eigenvalue weighted by Gasteiger charge is 2.07. The fourth-order valence-corrected chi connectivity index (χ4v) is 4.57. The molecule has 3 aromatic rings. The lowest BCUT2D eigenvalue weighted by atomic mass is 10.1. The number of thiocarbonyl (C=S) groups is 1. The highest BCUT2D eigenvalue weighted by Crippen LogP contribution is 2.25. The maximum atomic E-state index is 12.5. The van der Waals surface area contributed by atoms with Gasteiger partial charge < -0.3 is 9.47 Å². The number of hydrogen-bond acceptors (Lipinski definition) is 6. The summed E-state index contributed by atoms with van der Waals surface area (Å²) in [6.45, 7) is 3.52. The molecular weight excluding hydrogens is 450 g/mol. The van der Waals surface area contributed by atoms with Gasteiger partial charge in [-0.15, -0.1) is 0 Å². The molecule has 4 nitrogen and oxygen atoms in total. The third kappa shape index (κ3) is 8.52. The topological polar surface area (TPSA) is 48.4 Å². The molecule has 33 heavy (non-hydrogen) atoms. The first-order chi connectivity index (χ1) is 16.2. The Hall–Kier alpha value is -2.31. The Kier molecular flexibility index (Phi) is 10.8. The highest BCUT2D eigenvalue weighted by molar-refractivity contribution is 7.80. The summed E-state index contributed by atoms with van der Waals surface area (Å²) in [6, 6.07) is 11.6. The van der Waals surface area contributed by atoms with Crippen LogP contribution in [-0.2, 0) is 4.74 Å². The summed E-state index contributed by atoms with van der Waals surface area (Å²) >= 11 is 6.32. The Morgan fingerprint density at radius 1 is 0.939 bits per heavy atom. The first-order valence-corrected chi connectivity index (χ1v) is 13.2. The Balaban J connectivity index is 1.29. The van der Waals surface area contributed by atoms with Gasteiger partial charge in [-0.3, -0.25) is 9.78 Å². The van der Waals surface area contributed by atoms with Crippen molar-refractivity contribution >= 4 is 38.7 Å². The highest BCUT2D eigenvalue weighted by atomic mass is 32.1. The normalized spacial score (nSPS) is 10.9. The second kappa shape index (κ2) is 14.1. The van der Waals surface area contributed by atoms with Crippen LogP contribution in [0.4, 0.5) is 0 Å². The molecule has 0 unspecified atom stereocenters. The van der Waals surface area contributed by atoms with E-state index >= 15 is 0 Å². The molecule has 0 amide bonds. The molecule has 0 spiro atoms. The minimum atomic E-state index is 0.0660. The predicted molar refractivity (Wildman–Crippen MR) is 143 cm³/mol. The summed E-state index contributed by atoms with van der Waals surface area (Å²) in [5.41, 5.74) is 1.62. The van der Waals surface area contributed by atoms with E-state index in [0.717, 1.165) is 58.9 Å². The van der Waals surface area contributed by atoms with E-state index < -0.39 is 0 Å². The molecule has 0 saturated heterocycles. The lowest BCUT2D eigenvalue weighted by Gasteiger charge is -2.08. The van der Waals surface area contributed by atoms with E-state index in [1.165, 1.54) is 49.9 Å². The lowest BCUT2D eigenvalue weighted by molar-refractivity contribution is 0.292. The molecule has 176 valence electrons. The standard InChI is InChI=1S/C27H33NO3S2/c1-2-26(32)31-18-10-8-6-4-3-5-7-9-17-30-23-13-11-21(12-14-23)24-19-22-20-28-16-15-25(22)33-27(24)29/h11-16,19-20H,2-10,17-18H2,1H3. The van der Waals surface area contributed by atoms with E-state index in [2.05, 4.69) is 4.98 Å². The summed E-state index contributed by atoms with van der Waals surface area (Å²) in [6.07, 6.45) is 14.0. The van der Waals surface area contributed by atoms with Crippen molar-refractivity contribution in [1.29, 1.82) is 0 Å². The van der Waals surface area contributed by atoms with Gasteiger partial charge in [-0.05, 0) is 54.9 Å². The molecule has 0 aliphatic heterocycles. The molecule has 0 saturated carbocycles. The third-order valence-electron chi connectivity index (χ3n) is 5.56. The number of benzene rings is 1. The number of fused-ring (bicyclic) bond motifs is 1. The van der Waals surface area contributed by atoms with Gasteiger partial charge in [0.2, 0.25) is 4.74 Å². The molecular formula is C27H33NO3S2. The third-order valence-corrected chi connectivity index (χ3v) is 6.96. The number of nitrogens with zero attached hydrogens (tertiary/aromatic N) is 1. The second-order valence-electron chi connectivity index (χ2n) is 8.14. The first kappa shape index (κ1) is 25.3. The van der Waals surface area contributed by atoms with Crippen LogP contribution in [0.1, 0.15) is 64.7 Å². The minimum absolute atomic E-state index is 0.0660. The largest absolute Gasteiger partial charge is 0.494 e. The van der Waals surface area contributed by atoms with E-state index in [1.54, 1.807) is 12.4 Å². The molecule has 0 atom stereocenters. The monoisotopic (exact) mass is 483 g/mol. The molecule has 0 fully saturated rings. The van der Waals surface area contributed by atoms with Crippen molar-refractivity contribution < 1.29 is 9.47 Å². The Morgan fingerprint density at radius 2 is 1.61 bits per heavy atom. The Morgan fingerprint density at radius 3 is 2.30 bits per heavy atom. The van der Waals surface area contributed by atoms with Crippen LogP contribution in [0.15, 0.2) is 53.6 Å². The molecule has 2 heterocycles. The SMILES string of the molecule is CCC(=S)OCCCCCCCCCCOc1ccc(-c2cc3cnccc3sc2=O)cc1. The van der Waals surface area contributed by atoms with Crippen molar-refractivity contribution in [1.82, 2.24) is 4.98 Å². The van der Waals surface area contributed by atoms with E-state index in [4.69, 9.17) is 21.7 Å². The van der Waals surface area contributed by atoms with E-state index in [9.17, 15) is 4.79 Å². The maximum Gasteiger partial charge on any atom is 0.240 e. The van der Waals surface area contributed by atoms with E-state index in [1.807, 2.05) is 43.3 Å². The second-order valence-corrected chi connectivity index (χ2v) is 9.61. The maximum absolute atomic E-state index is 12.5. The summed E-state index contributed by atoms with van der Waals surface area (Å²) in [4.78, 5) is 16.7. The van der Waals surface area contributed by atoms with Crippen LogP contribution < -0.4 is 9.48 Å². The van der Waals surface area contributed by atoms with Gasteiger partial charge in [0.25, 0.3) is 0 Å². The van der Waals surface area contributed by atoms with Crippen molar-refractivity contribution in [3.63, 3.8) is 0 Å². The quantitative estimate of drug-likeness (QED) is 0.175. The molecule has 6 heteroatoms. The van der Waals surface area contributed by atoms with Crippen LogP contribution in [0.2, 0.25) is 0 Å². The summed E-state index contributed by atoms with van der Waals surface area (Å²) in [7, 11) is 0. The molecule has 1 aromatic carbocycles. The zero-order valence-corrected chi connectivity index (χ0v) is 21.0. The van der Waals surface area contributed by atoms with Crippen LogP contribution in [0.3, 0.4) is 0 Å². The van der Waals surface area contributed by atoms with E-state index in [-0.39, 0.29) is 4.74 Å². The Bertz CT molecular complexity index is 1060. The van der Waals surface area contributed by atoms with Crippen LogP contribution in [0.5, 0.6) is 5.75 Å². The number of aromatic nitrogens is 1. The molecule has 0 radical (unpaired) electrons. The zero-order chi connectivity index (χ0) is 23.3. The van der Waals surface area contributed by atoms with Gasteiger partial charge in [0.05, 0.1) is 13.2 Å². The fraction of sp³-hybridized carbons (Fsp3) is 0.444. The number of hydrogen-bond donors (Lipinski definition) is 0. The van der Waals surface area contributed by atoms with Crippen LogP contribution in [0.25, 0.3) is 21.2 Å². The van der Waals surface area contributed by atoms with Gasteiger partial charge in [0.15, 0.2) is 5.05 Å². The average Bonchev–Trinajstić information content (AvgIpc) is 2.84. The van der Waals surface area contributed by atoms with Crippen molar-refractivity contribution in [3.8, 4) is 16.9 Å². The van der Waals surface area contributed by atoms with Gasteiger partial charge in [-0.25, -0.2) is 0 Å². The smallest absolute Gasteiger partial charge is 0.240 e. The van der Waals surface area contributed by atoms with Crippen molar-refractivity contribution in [2.45, 2.75) is 64.7 Å². The van der Waals surface area contributed by atoms with Gasteiger partial charge >= 0.3 is 0 Å². The summed E-state index contributed by atoms with van der Waals surface area (Å²) in [5, 5.41) is 1.72. The van der Waals surface area contributed by atoms with Crippen molar-refractivity contribution in [2.24, 2.45) is 0 Å². The Labute approximate surface area is 206 Å². The number of pyridine rings is 1.